The number of nitrogens with zero attached hydrogens (tertiary/aromatic N) is 1. The van der Waals surface area contributed by atoms with Crippen molar-refractivity contribution >= 4 is 70.0 Å². The van der Waals surface area contributed by atoms with E-state index in [4.69, 9.17) is 4.74 Å². The second-order valence-electron chi connectivity index (χ2n) is 10.5. The average Bonchev–Trinajstić information content (AvgIpc) is 3.44. The Morgan fingerprint density at radius 3 is 1.89 bits per heavy atom. The maximum Gasteiger partial charge on any atom is 0.268 e. The zero-order valence-corrected chi connectivity index (χ0v) is 22.9. The minimum atomic E-state index is -0.639. The number of rotatable bonds is 4. The molecule has 0 fully saturated rings. The van der Waals surface area contributed by atoms with Crippen LogP contribution in [0.3, 0.4) is 0 Å². The van der Waals surface area contributed by atoms with Crippen LogP contribution in [0.1, 0.15) is 20.8 Å². The number of fused-ring (bicyclic) bond motifs is 6. The number of likely N-dealkylation sites (N-methyl/N-ethyl adjacent to an activating group) is 1. The number of carbonyl (C=O) groups is 1. The van der Waals surface area contributed by atoms with E-state index in [9.17, 15) is 4.79 Å². The predicted molar refractivity (Wildman–Crippen MR) is 159 cm³/mol. The molecule has 0 aliphatic carbocycles. The largest absolute Gasteiger partial charge is 0.479 e. The van der Waals surface area contributed by atoms with Crippen LogP contribution in [0.25, 0.3) is 42.0 Å². The molecule has 3 atom stereocenters. The first-order chi connectivity index (χ1) is 17.3. The Kier molecular flexibility index (Phi) is 5.60. The monoisotopic (exact) mass is 509 g/mol. The van der Waals surface area contributed by atoms with Crippen molar-refractivity contribution in [3.05, 3.63) is 84.9 Å². The van der Waals surface area contributed by atoms with Gasteiger partial charge in [0.2, 0.25) is 0 Å². The Hall–Kier alpha value is -3.25. The molecule has 2 heterocycles. The summed E-state index contributed by atoms with van der Waals surface area (Å²) in [4.78, 5) is 16.0. The van der Waals surface area contributed by atoms with Gasteiger partial charge in [-0.3, -0.25) is 4.79 Å². The second kappa shape index (κ2) is 8.70. The Morgan fingerprint density at radius 1 is 0.722 bits per heavy atom. The molecule has 36 heavy (non-hydrogen) atoms. The van der Waals surface area contributed by atoms with E-state index in [2.05, 4.69) is 93.6 Å². The number of hydrogen-bond acceptors (Lipinski definition) is 2. The lowest BCUT2D eigenvalue weighted by Crippen LogP contribution is -2.47. The van der Waals surface area contributed by atoms with Crippen molar-refractivity contribution in [2.24, 2.45) is 5.41 Å². The Morgan fingerprint density at radius 2 is 1.25 bits per heavy atom. The standard InChI is InChI=1S/C31H29NO2P2/c1-31(2,3)29(34-22-14-10-18-26-28(22)20-12-6-8-16-24(20)36-26)30(33)32(4)21-13-9-17-25-27(21)19-11-5-7-15-23(19)35-25/h5-18,29,35-36H,1-4H3/t29-/m0/s1. The molecule has 0 aliphatic heterocycles. The van der Waals surface area contributed by atoms with E-state index in [-0.39, 0.29) is 5.91 Å². The number of amides is 1. The summed E-state index contributed by atoms with van der Waals surface area (Å²) in [5.74, 6) is 0.756. The third-order valence-electron chi connectivity index (χ3n) is 6.95. The van der Waals surface area contributed by atoms with Gasteiger partial charge in [-0.2, -0.15) is 0 Å². The Bertz CT molecular complexity index is 1760. The maximum atomic E-state index is 14.2. The first kappa shape index (κ1) is 23.2. The Labute approximate surface area is 214 Å². The van der Waals surface area contributed by atoms with Gasteiger partial charge in [0.15, 0.2) is 6.10 Å². The van der Waals surface area contributed by atoms with Crippen LogP contribution >= 0.6 is 16.4 Å². The van der Waals surface area contributed by atoms with Gasteiger partial charge in [0.05, 0.1) is 5.69 Å². The average molecular weight is 510 g/mol. The molecule has 0 saturated heterocycles. The van der Waals surface area contributed by atoms with Gasteiger partial charge in [0.1, 0.15) is 5.75 Å². The van der Waals surface area contributed by atoms with E-state index >= 15 is 0 Å². The van der Waals surface area contributed by atoms with Crippen LogP contribution in [-0.2, 0) is 4.79 Å². The summed E-state index contributed by atoms with van der Waals surface area (Å²) < 4.78 is 6.69. The van der Waals surface area contributed by atoms with E-state index in [1.807, 2.05) is 19.2 Å². The van der Waals surface area contributed by atoms with Crippen LogP contribution < -0.4 is 9.64 Å². The third-order valence-corrected chi connectivity index (χ3v) is 9.73. The molecule has 0 N–H and O–H groups in total. The molecule has 3 nitrogen and oxygen atoms in total. The fourth-order valence-corrected chi connectivity index (χ4v) is 7.90. The minimum Gasteiger partial charge on any atom is -0.479 e. The molecule has 0 radical (unpaired) electrons. The zero-order chi connectivity index (χ0) is 25.0. The first-order valence-electron chi connectivity index (χ1n) is 12.3. The van der Waals surface area contributed by atoms with Crippen LogP contribution in [0.5, 0.6) is 5.75 Å². The van der Waals surface area contributed by atoms with Crippen molar-refractivity contribution in [1.29, 1.82) is 0 Å². The van der Waals surface area contributed by atoms with E-state index in [0.717, 1.165) is 16.8 Å². The molecular formula is C31H29NO2P2. The van der Waals surface area contributed by atoms with Crippen LogP contribution in [0.2, 0.25) is 0 Å². The third kappa shape index (κ3) is 3.79. The number of ether oxygens (including phenoxy) is 1. The smallest absolute Gasteiger partial charge is 0.268 e. The van der Waals surface area contributed by atoms with Gasteiger partial charge in [0.25, 0.3) is 5.91 Å². The van der Waals surface area contributed by atoms with Gasteiger partial charge in [0, 0.05) is 33.5 Å². The number of carbonyl (C=O) groups excluding carboxylic acids is 1. The van der Waals surface area contributed by atoms with Crippen LogP contribution in [0.4, 0.5) is 5.69 Å². The molecule has 0 aliphatic rings. The first-order valence-corrected chi connectivity index (χ1v) is 14.3. The van der Waals surface area contributed by atoms with Gasteiger partial charge in [-0.1, -0.05) is 93.6 Å². The molecule has 6 rings (SSSR count). The van der Waals surface area contributed by atoms with Crippen LogP contribution in [0, 0.1) is 5.41 Å². The molecule has 6 aromatic rings. The molecule has 0 saturated carbocycles. The lowest BCUT2D eigenvalue weighted by molar-refractivity contribution is -0.129. The highest BCUT2D eigenvalue weighted by molar-refractivity contribution is 7.44. The van der Waals surface area contributed by atoms with E-state index < -0.39 is 11.5 Å². The van der Waals surface area contributed by atoms with E-state index in [1.54, 1.807) is 4.90 Å². The number of anilines is 1. The summed E-state index contributed by atoms with van der Waals surface area (Å²) in [6.07, 6.45) is -0.639. The molecule has 0 spiro atoms. The van der Waals surface area contributed by atoms with E-state index in [1.165, 1.54) is 36.6 Å². The normalized spacial score (nSPS) is 13.4. The lowest BCUT2D eigenvalue weighted by atomic mass is 9.87. The van der Waals surface area contributed by atoms with Crippen molar-refractivity contribution in [2.75, 3.05) is 11.9 Å². The van der Waals surface area contributed by atoms with Crippen molar-refractivity contribution < 1.29 is 9.53 Å². The van der Waals surface area contributed by atoms with Crippen LogP contribution in [0.15, 0.2) is 84.9 Å². The fraction of sp³-hybridized carbons (Fsp3) is 0.194. The summed E-state index contributed by atoms with van der Waals surface area (Å²) in [5.41, 5.74) is 0.546. The van der Waals surface area contributed by atoms with Gasteiger partial charge in [-0.05, 0) is 33.1 Å². The van der Waals surface area contributed by atoms with Gasteiger partial charge in [-0.25, -0.2) is 0 Å². The number of benzene rings is 4. The van der Waals surface area contributed by atoms with Crippen LogP contribution in [-0.4, -0.2) is 19.1 Å². The highest BCUT2D eigenvalue weighted by Gasteiger charge is 2.37. The number of hydrogen-bond donors (Lipinski definition) is 0. The van der Waals surface area contributed by atoms with Crippen molar-refractivity contribution in [3.63, 3.8) is 0 Å². The maximum absolute atomic E-state index is 14.2. The van der Waals surface area contributed by atoms with E-state index in [0.29, 0.717) is 16.4 Å². The highest BCUT2D eigenvalue weighted by Crippen LogP contribution is 2.45. The SMILES string of the molecule is CN(C(=O)[C@H](Oc1cccc2[pH]c3ccccc3c12)C(C)(C)C)c1cccc2[pH]c3ccccc3c12. The molecule has 1 amide bonds. The summed E-state index contributed by atoms with van der Waals surface area (Å²) >= 11 is 0. The van der Waals surface area contributed by atoms with Gasteiger partial charge >= 0.3 is 0 Å². The zero-order valence-electron chi connectivity index (χ0n) is 20.9. The molecule has 4 aromatic carbocycles. The highest BCUT2D eigenvalue weighted by atomic mass is 31.0. The molecule has 2 aromatic heterocycles. The minimum absolute atomic E-state index is 0.0325. The second-order valence-corrected chi connectivity index (χ2v) is 13.1. The Balaban J connectivity index is 1.44. The lowest BCUT2D eigenvalue weighted by Gasteiger charge is -2.33. The molecule has 180 valence electrons. The topological polar surface area (TPSA) is 29.5 Å². The predicted octanol–water partition coefficient (Wildman–Crippen LogP) is 8.82. The summed E-state index contributed by atoms with van der Waals surface area (Å²) in [7, 11) is 3.11. The molecule has 0 bridgehead atoms. The summed E-state index contributed by atoms with van der Waals surface area (Å²) in [6.45, 7) is 6.23. The van der Waals surface area contributed by atoms with Gasteiger partial charge in [-0.15, -0.1) is 16.4 Å². The van der Waals surface area contributed by atoms with Crippen molar-refractivity contribution in [3.8, 4) is 5.75 Å². The molecule has 5 heteroatoms. The van der Waals surface area contributed by atoms with Crippen molar-refractivity contribution in [2.45, 2.75) is 26.9 Å². The fourth-order valence-electron chi connectivity index (χ4n) is 5.15. The van der Waals surface area contributed by atoms with Gasteiger partial charge < -0.3 is 9.64 Å². The summed E-state index contributed by atoms with van der Waals surface area (Å²) in [6, 6.07) is 29.6. The van der Waals surface area contributed by atoms with Crippen molar-refractivity contribution in [1.82, 2.24) is 0 Å². The summed E-state index contributed by atoms with van der Waals surface area (Å²) in [5, 5.41) is 9.99. The molecule has 2 unspecified atom stereocenters. The quantitative estimate of drug-likeness (QED) is 0.238. The molecular weight excluding hydrogens is 480 g/mol.